The molecule has 4 heteroatoms. The Morgan fingerprint density at radius 1 is 1.20 bits per heavy atom. The summed E-state index contributed by atoms with van der Waals surface area (Å²) in [4.78, 5) is 11.2. The molecule has 0 amide bonds. The standard InChI is InChI=1S/C16H16FNO2/c1-2-14(11-7-9-12(17)10-8-11)18-15-6-4-3-5-13(15)16(19)20/h3-10,14,18H,2H2,1H3,(H,19,20). The molecule has 0 aromatic heterocycles. The van der Waals surface area contributed by atoms with E-state index in [2.05, 4.69) is 5.32 Å². The van der Waals surface area contributed by atoms with Crippen molar-refractivity contribution in [2.24, 2.45) is 0 Å². The first-order chi connectivity index (χ1) is 9.61. The van der Waals surface area contributed by atoms with Crippen molar-refractivity contribution >= 4 is 11.7 Å². The number of carboxylic acids is 1. The summed E-state index contributed by atoms with van der Waals surface area (Å²) in [5.41, 5.74) is 1.72. The Kier molecular flexibility index (Phi) is 4.35. The third kappa shape index (κ3) is 3.15. The van der Waals surface area contributed by atoms with Gasteiger partial charge in [0.1, 0.15) is 5.82 Å². The smallest absolute Gasteiger partial charge is 0.337 e. The predicted molar refractivity (Wildman–Crippen MR) is 76.5 cm³/mol. The number of benzene rings is 2. The minimum atomic E-state index is -0.970. The minimum Gasteiger partial charge on any atom is -0.478 e. The lowest BCUT2D eigenvalue weighted by Crippen LogP contribution is -2.12. The maximum absolute atomic E-state index is 13.0. The van der Waals surface area contributed by atoms with E-state index in [-0.39, 0.29) is 17.4 Å². The molecule has 0 aliphatic heterocycles. The van der Waals surface area contributed by atoms with E-state index in [9.17, 15) is 9.18 Å². The van der Waals surface area contributed by atoms with E-state index >= 15 is 0 Å². The van der Waals surface area contributed by atoms with Gasteiger partial charge in [-0.3, -0.25) is 0 Å². The molecule has 0 fully saturated rings. The molecule has 0 bridgehead atoms. The van der Waals surface area contributed by atoms with Crippen LogP contribution in [0.2, 0.25) is 0 Å². The third-order valence-electron chi connectivity index (χ3n) is 3.17. The van der Waals surface area contributed by atoms with Crippen molar-refractivity contribution in [3.8, 4) is 0 Å². The first-order valence-corrected chi connectivity index (χ1v) is 6.46. The second kappa shape index (κ2) is 6.19. The van der Waals surface area contributed by atoms with Gasteiger partial charge in [0.15, 0.2) is 0 Å². The molecule has 2 aromatic carbocycles. The molecular formula is C16H16FNO2. The van der Waals surface area contributed by atoms with Crippen molar-refractivity contribution in [2.45, 2.75) is 19.4 Å². The average Bonchev–Trinajstić information content (AvgIpc) is 2.46. The molecule has 3 nitrogen and oxygen atoms in total. The molecule has 2 N–H and O–H groups in total. The number of anilines is 1. The van der Waals surface area contributed by atoms with Crippen molar-refractivity contribution in [2.75, 3.05) is 5.32 Å². The van der Waals surface area contributed by atoms with E-state index in [4.69, 9.17) is 5.11 Å². The fourth-order valence-corrected chi connectivity index (χ4v) is 2.10. The fraction of sp³-hybridized carbons (Fsp3) is 0.188. The van der Waals surface area contributed by atoms with Crippen LogP contribution < -0.4 is 5.32 Å². The lowest BCUT2D eigenvalue weighted by atomic mass is 10.0. The van der Waals surface area contributed by atoms with Crippen LogP contribution in [-0.2, 0) is 0 Å². The Bertz CT molecular complexity index is 596. The molecule has 0 radical (unpaired) electrons. The van der Waals surface area contributed by atoms with Crippen LogP contribution in [0.15, 0.2) is 48.5 Å². The van der Waals surface area contributed by atoms with Crippen LogP contribution in [0.5, 0.6) is 0 Å². The Morgan fingerprint density at radius 2 is 1.85 bits per heavy atom. The summed E-state index contributed by atoms with van der Waals surface area (Å²) >= 11 is 0. The molecule has 0 saturated carbocycles. The van der Waals surface area contributed by atoms with Gasteiger partial charge >= 0.3 is 5.97 Å². The number of aromatic carboxylic acids is 1. The maximum Gasteiger partial charge on any atom is 0.337 e. The molecule has 0 saturated heterocycles. The number of halogens is 1. The van der Waals surface area contributed by atoms with Crippen LogP contribution in [0.1, 0.15) is 35.3 Å². The molecule has 104 valence electrons. The highest BCUT2D eigenvalue weighted by Crippen LogP contribution is 2.25. The first-order valence-electron chi connectivity index (χ1n) is 6.46. The summed E-state index contributed by atoms with van der Waals surface area (Å²) in [7, 11) is 0. The predicted octanol–water partition coefficient (Wildman–Crippen LogP) is 4.09. The molecule has 20 heavy (non-hydrogen) atoms. The van der Waals surface area contributed by atoms with Gasteiger partial charge in [0, 0.05) is 5.69 Å². The van der Waals surface area contributed by atoms with Gasteiger partial charge in [0.25, 0.3) is 0 Å². The minimum absolute atomic E-state index is 0.0592. The largest absolute Gasteiger partial charge is 0.478 e. The zero-order valence-corrected chi connectivity index (χ0v) is 11.1. The van der Waals surface area contributed by atoms with Gasteiger partial charge in [-0.1, -0.05) is 31.2 Å². The van der Waals surface area contributed by atoms with Gasteiger partial charge < -0.3 is 10.4 Å². The number of carboxylic acid groups (broad SMARTS) is 1. The van der Waals surface area contributed by atoms with Crippen LogP contribution in [0.25, 0.3) is 0 Å². The molecule has 0 heterocycles. The normalized spacial score (nSPS) is 11.9. The quantitative estimate of drug-likeness (QED) is 0.862. The van der Waals surface area contributed by atoms with Gasteiger partial charge in [0.05, 0.1) is 11.6 Å². The average molecular weight is 273 g/mol. The van der Waals surface area contributed by atoms with Crippen molar-refractivity contribution < 1.29 is 14.3 Å². The van der Waals surface area contributed by atoms with Gasteiger partial charge in [-0.25, -0.2) is 9.18 Å². The highest BCUT2D eigenvalue weighted by molar-refractivity contribution is 5.94. The summed E-state index contributed by atoms with van der Waals surface area (Å²) in [6, 6.07) is 12.9. The van der Waals surface area contributed by atoms with Crippen molar-refractivity contribution in [1.29, 1.82) is 0 Å². The summed E-state index contributed by atoms with van der Waals surface area (Å²) in [5, 5.41) is 12.4. The second-order valence-corrected chi connectivity index (χ2v) is 4.51. The van der Waals surface area contributed by atoms with Crippen LogP contribution in [0, 0.1) is 5.82 Å². The van der Waals surface area contributed by atoms with Crippen molar-refractivity contribution in [1.82, 2.24) is 0 Å². The number of hydrogen-bond donors (Lipinski definition) is 2. The van der Waals surface area contributed by atoms with Gasteiger partial charge in [0.2, 0.25) is 0 Å². The highest BCUT2D eigenvalue weighted by Gasteiger charge is 2.14. The lowest BCUT2D eigenvalue weighted by Gasteiger charge is -2.20. The molecule has 0 spiro atoms. The van der Waals surface area contributed by atoms with E-state index in [1.54, 1.807) is 36.4 Å². The monoisotopic (exact) mass is 273 g/mol. The highest BCUT2D eigenvalue weighted by atomic mass is 19.1. The molecule has 0 aliphatic rings. The van der Waals surface area contributed by atoms with Crippen LogP contribution in [-0.4, -0.2) is 11.1 Å². The van der Waals surface area contributed by atoms with Crippen molar-refractivity contribution in [3.63, 3.8) is 0 Å². The second-order valence-electron chi connectivity index (χ2n) is 4.51. The van der Waals surface area contributed by atoms with Crippen LogP contribution in [0.3, 0.4) is 0 Å². The summed E-state index contributed by atoms with van der Waals surface area (Å²) in [5.74, 6) is -1.25. The summed E-state index contributed by atoms with van der Waals surface area (Å²) in [6.07, 6.45) is 0.763. The SMILES string of the molecule is CCC(Nc1ccccc1C(=O)O)c1ccc(F)cc1. The van der Waals surface area contributed by atoms with Gasteiger partial charge in [-0.2, -0.15) is 0 Å². The number of rotatable bonds is 5. The van der Waals surface area contributed by atoms with Crippen LogP contribution in [0.4, 0.5) is 10.1 Å². The fourth-order valence-electron chi connectivity index (χ4n) is 2.10. The van der Waals surface area contributed by atoms with Gasteiger partial charge in [-0.05, 0) is 36.2 Å². The van der Waals surface area contributed by atoms with Crippen LogP contribution >= 0.6 is 0 Å². The Balaban J connectivity index is 2.27. The van der Waals surface area contributed by atoms with E-state index in [1.165, 1.54) is 12.1 Å². The topological polar surface area (TPSA) is 49.3 Å². The molecule has 2 aromatic rings. The van der Waals surface area contributed by atoms with Gasteiger partial charge in [-0.15, -0.1) is 0 Å². The zero-order chi connectivity index (χ0) is 14.5. The molecule has 0 aliphatic carbocycles. The summed E-state index contributed by atoms with van der Waals surface area (Å²) < 4.78 is 13.0. The molecule has 1 unspecified atom stereocenters. The first kappa shape index (κ1) is 14.1. The molecule has 1 atom stereocenters. The number of carbonyl (C=O) groups is 1. The van der Waals surface area contributed by atoms with E-state index in [1.807, 2.05) is 6.92 Å². The Morgan fingerprint density at radius 3 is 2.45 bits per heavy atom. The van der Waals surface area contributed by atoms with E-state index in [0.29, 0.717) is 5.69 Å². The lowest BCUT2D eigenvalue weighted by molar-refractivity contribution is 0.0698. The zero-order valence-electron chi connectivity index (χ0n) is 11.1. The van der Waals surface area contributed by atoms with E-state index in [0.717, 1.165) is 12.0 Å². The molecular weight excluding hydrogens is 257 g/mol. The summed E-state index contributed by atoms with van der Waals surface area (Å²) in [6.45, 7) is 1.99. The third-order valence-corrected chi connectivity index (χ3v) is 3.17. The maximum atomic E-state index is 13.0. The number of hydrogen-bond acceptors (Lipinski definition) is 2. The number of nitrogens with one attached hydrogen (secondary N) is 1. The molecule has 2 rings (SSSR count). The Labute approximate surface area is 117 Å². The van der Waals surface area contributed by atoms with Crippen molar-refractivity contribution in [3.05, 3.63) is 65.5 Å². The number of para-hydroxylation sites is 1. The Hall–Kier alpha value is -2.36. The van der Waals surface area contributed by atoms with E-state index < -0.39 is 5.97 Å².